The van der Waals surface area contributed by atoms with Crippen molar-refractivity contribution in [3.63, 3.8) is 0 Å². The number of sulfonamides is 1. The van der Waals surface area contributed by atoms with Gasteiger partial charge < -0.3 is 5.32 Å². The standard InChI is InChI=1S/C10H11N3O5S/c14-10-7-12(6-5-11-10)19(17,18)9-3-1-8(2-4-9)13(15)16/h1-4H,5-7H2,(H,11,14). The van der Waals surface area contributed by atoms with Crippen LogP contribution in [-0.2, 0) is 14.8 Å². The maximum absolute atomic E-state index is 12.2. The van der Waals surface area contributed by atoms with Gasteiger partial charge in [-0.15, -0.1) is 0 Å². The van der Waals surface area contributed by atoms with Crippen LogP contribution in [0.2, 0.25) is 0 Å². The summed E-state index contributed by atoms with van der Waals surface area (Å²) < 4.78 is 25.4. The fourth-order valence-electron chi connectivity index (χ4n) is 1.71. The summed E-state index contributed by atoms with van der Waals surface area (Å²) in [5, 5.41) is 13.0. The number of non-ortho nitro benzene ring substituents is 1. The van der Waals surface area contributed by atoms with Gasteiger partial charge in [-0.3, -0.25) is 14.9 Å². The molecular formula is C10H11N3O5S. The summed E-state index contributed by atoms with van der Waals surface area (Å²) in [6.07, 6.45) is 0. The van der Waals surface area contributed by atoms with Crippen LogP contribution in [0.15, 0.2) is 29.2 Å². The van der Waals surface area contributed by atoms with E-state index in [1.165, 1.54) is 12.1 Å². The van der Waals surface area contributed by atoms with E-state index in [0.717, 1.165) is 16.4 Å². The van der Waals surface area contributed by atoms with Gasteiger partial charge >= 0.3 is 0 Å². The van der Waals surface area contributed by atoms with Crippen molar-refractivity contribution in [2.75, 3.05) is 19.6 Å². The van der Waals surface area contributed by atoms with Gasteiger partial charge in [-0.25, -0.2) is 8.42 Å². The van der Waals surface area contributed by atoms with Gasteiger partial charge in [0, 0.05) is 25.2 Å². The molecule has 19 heavy (non-hydrogen) atoms. The predicted molar refractivity (Wildman–Crippen MR) is 64.9 cm³/mol. The molecule has 1 amide bonds. The first kappa shape index (κ1) is 13.4. The molecule has 0 unspecified atom stereocenters. The summed E-state index contributed by atoms with van der Waals surface area (Å²) in [5.41, 5.74) is -0.185. The summed E-state index contributed by atoms with van der Waals surface area (Å²) in [6, 6.07) is 4.58. The maximum Gasteiger partial charge on any atom is 0.269 e. The zero-order valence-corrected chi connectivity index (χ0v) is 10.6. The largest absolute Gasteiger partial charge is 0.354 e. The molecule has 0 atom stereocenters. The van der Waals surface area contributed by atoms with Gasteiger partial charge in [-0.1, -0.05) is 0 Å². The van der Waals surface area contributed by atoms with Gasteiger partial charge in [0.15, 0.2) is 0 Å². The molecular weight excluding hydrogens is 274 g/mol. The molecule has 1 fully saturated rings. The van der Waals surface area contributed by atoms with Crippen molar-refractivity contribution in [1.82, 2.24) is 9.62 Å². The highest BCUT2D eigenvalue weighted by molar-refractivity contribution is 7.89. The van der Waals surface area contributed by atoms with Crippen LogP contribution in [0.1, 0.15) is 0 Å². The average molecular weight is 285 g/mol. The lowest BCUT2D eigenvalue weighted by atomic mass is 10.3. The lowest BCUT2D eigenvalue weighted by Crippen LogP contribution is -2.49. The number of hydrogen-bond acceptors (Lipinski definition) is 5. The molecule has 1 heterocycles. The van der Waals surface area contributed by atoms with Crippen LogP contribution >= 0.6 is 0 Å². The van der Waals surface area contributed by atoms with E-state index >= 15 is 0 Å². The van der Waals surface area contributed by atoms with Crippen LogP contribution in [0.25, 0.3) is 0 Å². The molecule has 2 rings (SSSR count). The Labute approximate surface area is 109 Å². The Kier molecular flexibility index (Phi) is 3.49. The van der Waals surface area contributed by atoms with Crippen LogP contribution < -0.4 is 5.32 Å². The molecule has 8 nitrogen and oxygen atoms in total. The van der Waals surface area contributed by atoms with Gasteiger partial charge in [0.1, 0.15) is 0 Å². The van der Waals surface area contributed by atoms with Crippen molar-refractivity contribution in [3.05, 3.63) is 34.4 Å². The van der Waals surface area contributed by atoms with E-state index in [-0.39, 0.29) is 36.1 Å². The number of nitrogens with one attached hydrogen (secondary N) is 1. The SMILES string of the molecule is O=C1CN(S(=O)(=O)c2ccc([N+](=O)[O-])cc2)CCN1. The van der Waals surface area contributed by atoms with Gasteiger partial charge in [0.2, 0.25) is 15.9 Å². The van der Waals surface area contributed by atoms with Gasteiger partial charge in [-0.2, -0.15) is 4.31 Å². The van der Waals surface area contributed by atoms with Crippen molar-refractivity contribution in [2.24, 2.45) is 0 Å². The molecule has 0 aliphatic carbocycles. The minimum Gasteiger partial charge on any atom is -0.354 e. The number of nitro groups is 1. The molecule has 0 spiro atoms. The second kappa shape index (κ2) is 4.94. The second-order valence-electron chi connectivity index (χ2n) is 3.94. The molecule has 0 radical (unpaired) electrons. The lowest BCUT2D eigenvalue weighted by molar-refractivity contribution is -0.384. The third-order valence-corrected chi connectivity index (χ3v) is 4.55. The molecule has 1 aromatic carbocycles. The predicted octanol–water partition coefficient (Wildman–Crippen LogP) is -0.285. The minimum absolute atomic E-state index is 0.0622. The van der Waals surface area contributed by atoms with E-state index in [4.69, 9.17) is 0 Å². The van der Waals surface area contributed by atoms with Crippen molar-refractivity contribution < 1.29 is 18.1 Å². The Balaban J connectivity index is 2.28. The molecule has 0 bridgehead atoms. The number of benzene rings is 1. The molecule has 9 heteroatoms. The highest BCUT2D eigenvalue weighted by Crippen LogP contribution is 2.19. The second-order valence-corrected chi connectivity index (χ2v) is 5.88. The summed E-state index contributed by atoms with van der Waals surface area (Å²) >= 11 is 0. The Hall–Kier alpha value is -2.00. The Bertz CT molecular complexity index is 611. The van der Waals surface area contributed by atoms with E-state index in [0.29, 0.717) is 0 Å². The molecule has 1 aliphatic rings. The number of carbonyl (C=O) groups excluding carboxylic acids is 1. The first-order valence-corrected chi connectivity index (χ1v) is 6.86. The summed E-state index contributed by atoms with van der Waals surface area (Å²) in [6.45, 7) is 0.204. The third kappa shape index (κ3) is 2.71. The number of nitro benzene ring substituents is 1. The van der Waals surface area contributed by atoms with E-state index in [2.05, 4.69) is 5.32 Å². The quantitative estimate of drug-likeness (QED) is 0.606. The number of hydrogen-bond donors (Lipinski definition) is 1. The van der Waals surface area contributed by atoms with E-state index in [1.54, 1.807) is 0 Å². The highest BCUT2D eigenvalue weighted by Gasteiger charge is 2.29. The zero-order valence-electron chi connectivity index (χ0n) is 9.77. The van der Waals surface area contributed by atoms with Crippen molar-refractivity contribution in [1.29, 1.82) is 0 Å². The first-order valence-electron chi connectivity index (χ1n) is 5.42. The van der Waals surface area contributed by atoms with Crippen molar-refractivity contribution in [3.8, 4) is 0 Å². The van der Waals surface area contributed by atoms with Crippen LogP contribution in [0.4, 0.5) is 5.69 Å². The summed E-state index contributed by atoms with van der Waals surface area (Å²) in [4.78, 5) is 21.0. The summed E-state index contributed by atoms with van der Waals surface area (Å²) in [5.74, 6) is -0.364. The number of nitrogens with zero attached hydrogens (tertiary/aromatic N) is 2. The molecule has 0 aromatic heterocycles. The van der Waals surface area contributed by atoms with Crippen molar-refractivity contribution >= 4 is 21.6 Å². The van der Waals surface area contributed by atoms with Crippen molar-refractivity contribution in [2.45, 2.75) is 4.90 Å². The van der Waals surface area contributed by atoms with Crippen LogP contribution in [-0.4, -0.2) is 43.2 Å². The van der Waals surface area contributed by atoms with E-state index < -0.39 is 14.9 Å². The van der Waals surface area contributed by atoms with Gasteiger partial charge in [0.05, 0.1) is 16.4 Å². The number of carbonyl (C=O) groups is 1. The number of amides is 1. The monoisotopic (exact) mass is 285 g/mol. The van der Waals surface area contributed by atoms with Crippen LogP contribution in [0.5, 0.6) is 0 Å². The van der Waals surface area contributed by atoms with Crippen LogP contribution in [0, 0.1) is 10.1 Å². The fourth-order valence-corrected chi connectivity index (χ4v) is 3.11. The average Bonchev–Trinajstić information content (AvgIpc) is 2.39. The van der Waals surface area contributed by atoms with Crippen LogP contribution in [0.3, 0.4) is 0 Å². The first-order chi connectivity index (χ1) is 8.91. The molecule has 102 valence electrons. The van der Waals surface area contributed by atoms with Gasteiger partial charge in [0.25, 0.3) is 5.69 Å². The topological polar surface area (TPSA) is 110 Å². The van der Waals surface area contributed by atoms with E-state index in [1.807, 2.05) is 0 Å². The summed E-state index contributed by atoms with van der Waals surface area (Å²) in [7, 11) is -3.79. The van der Waals surface area contributed by atoms with E-state index in [9.17, 15) is 23.3 Å². The highest BCUT2D eigenvalue weighted by atomic mass is 32.2. The Morgan fingerprint density at radius 3 is 2.42 bits per heavy atom. The number of rotatable bonds is 3. The normalized spacial score (nSPS) is 16.9. The fraction of sp³-hybridized carbons (Fsp3) is 0.300. The molecule has 1 saturated heterocycles. The minimum atomic E-state index is -3.79. The Morgan fingerprint density at radius 2 is 1.89 bits per heavy atom. The third-order valence-electron chi connectivity index (χ3n) is 2.69. The maximum atomic E-state index is 12.2. The molecule has 1 aliphatic heterocycles. The zero-order chi connectivity index (χ0) is 14.0. The molecule has 1 N–H and O–H groups in total. The Morgan fingerprint density at radius 1 is 1.26 bits per heavy atom. The smallest absolute Gasteiger partial charge is 0.269 e. The molecule has 1 aromatic rings. The number of piperazine rings is 1. The van der Waals surface area contributed by atoms with Gasteiger partial charge in [-0.05, 0) is 12.1 Å². The lowest BCUT2D eigenvalue weighted by Gasteiger charge is -2.25. The molecule has 0 saturated carbocycles.